The zero-order valence-corrected chi connectivity index (χ0v) is 12.8. The summed E-state index contributed by atoms with van der Waals surface area (Å²) in [5.41, 5.74) is 0.672. The lowest BCUT2D eigenvalue weighted by Crippen LogP contribution is -2.28. The maximum absolute atomic E-state index is 11.9. The molecule has 0 atom stereocenters. The van der Waals surface area contributed by atoms with Crippen molar-refractivity contribution in [1.29, 1.82) is 0 Å². The van der Waals surface area contributed by atoms with E-state index >= 15 is 0 Å². The Balaban J connectivity index is 2.09. The molecular weight excluding hydrogens is 274 g/mol. The molecule has 0 fully saturated rings. The summed E-state index contributed by atoms with van der Waals surface area (Å²) in [6, 6.07) is 6.94. The van der Waals surface area contributed by atoms with Crippen LogP contribution in [0, 0.1) is 0 Å². The first-order valence-corrected chi connectivity index (χ1v) is 8.45. The summed E-state index contributed by atoms with van der Waals surface area (Å²) in [5, 5.41) is 0. The number of fused-ring (bicyclic) bond motifs is 1. The second-order valence-corrected chi connectivity index (χ2v) is 6.42. The van der Waals surface area contributed by atoms with E-state index in [0.29, 0.717) is 22.8 Å². The average Bonchev–Trinajstić information content (AvgIpc) is 2.70. The zero-order chi connectivity index (χ0) is 14.6. The monoisotopic (exact) mass is 295 g/mol. The molecule has 0 aliphatic carbocycles. The summed E-state index contributed by atoms with van der Waals surface area (Å²) in [6.45, 7) is 7.74. The van der Waals surface area contributed by atoms with Crippen molar-refractivity contribution in [2.75, 3.05) is 26.2 Å². The SMILES string of the molecule is CCCN(CC)CCN=C1NS(=O)(=O)c2ccccc21. The van der Waals surface area contributed by atoms with Crippen molar-refractivity contribution in [3.63, 3.8) is 0 Å². The van der Waals surface area contributed by atoms with Gasteiger partial charge in [0.1, 0.15) is 5.84 Å². The van der Waals surface area contributed by atoms with E-state index < -0.39 is 10.0 Å². The van der Waals surface area contributed by atoms with Gasteiger partial charge in [0.05, 0.1) is 11.4 Å². The maximum atomic E-state index is 11.9. The van der Waals surface area contributed by atoms with Crippen molar-refractivity contribution in [2.45, 2.75) is 25.2 Å². The van der Waals surface area contributed by atoms with Crippen LogP contribution in [0.1, 0.15) is 25.8 Å². The summed E-state index contributed by atoms with van der Waals surface area (Å²) in [6.07, 6.45) is 1.11. The molecule has 0 radical (unpaired) electrons. The summed E-state index contributed by atoms with van der Waals surface area (Å²) in [4.78, 5) is 7.04. The highest BCUT2D eigenvalue weighted by Gasteiger charge is 2.29. The first-order valence-electron chi connectivity index (χ1n) is 6.97. The van der Waals surface area contributed by atoms with Gasteiger partial charge in [-0.1, -0.05) is 26.0 Å². The van der Waals surface area contributed by atoms with E-state index in [0.717, 1.165) is 26.1 Å². The van der Waals surface area contributed by atoms with E-state index in [-0.39, 0.29) is 0 Å². The molecule has 1 heterocycles. The second-order valence-electron chi connectivity index (χ2n) is 4.77. The number of likely N-dealkylation sites (N-methyl/N-ethyl adjacent to an activating group) is 1. The molecule has 0 amide bonds. The lowest BCUT2D eigenvalue weighted by atomic mass is 10.2. The Kier molecular flexibility index (Phi) is 4.77. The number of benzene rings is 1. The molecule has 0 unspecified atom stereocenters. The Hall–Kier alpha value is -1.40. The van der Waals surface area contributed by atoms with Crippen molar-refractivity contribution in [1.82, 2.24) is 9.62 Å². The normalized spacial score (nSPS) is 18.2. The molecule has 1 aromatic carbocycles. The first kappa shape index (κ1) is 15.0. The fourth-order valence-electron chi connectivity index (χ4n) is 2.30. The van der Waals surface area contributed by atoms with E-state index in [2.05, 4.69) is 28.5 Å². The molecule has 2 rings (SSSR count). The largest absolute Gasteiger partial charge is 0.302 e. The molecule has 5 nitrogen and oxygen atoms in total. The number of rotatable bonds is 6. The molecule has 6 heteroatoms. The van der Waals surface area contributed by atoms with Gasteiger partial charge in [0, 0.05) is 12.1 Å². The molecule has 0 saturated heterocycles. The number of nitrogens with zero attached hydrogens (tertiary/aromatic N) is 2. The summed E-state index contributed by atoms with van der Waals surface area (Å²) < 4.78 is 26.4. The van der Waals surface area contributed by atoms with Crippen LogP contribution in [0.3, 0.4) is 0 Å². The topological polar surface area (TPSA) is 61.8 Å². The fourth-order valence-corrected chi connectivity index (χ4v) is 3.55. The van der Waals surface area contributed by atoms with Crippen molar-refractivity contribution < 1.29 is 8.42 Å². The average molecular weight is 295 g/mol. The van der Waals surface area contributed by atoms with Gasteiger partial charge >= 0.3 is 0 Å². The lowest BCUT2D eigenvalue weighted by molar-refractivity contribution is 0.297. The predicted molar refractivity (Wildman–Crippen MR) is 80.6 cm³/mol. The Labute approximate surface area is 120 Å². The number of hydrogen-bond acceptors (Lipinski definition) is 4. The molecule has 0 bridgehead atoms. The molecular formula is C14H21N3O2S. The Morgan fingerprint density at radius 1 is 1.20 bits per heavy atom. The third-order valence-electron chi connectivity index (χ3n) is 3.34. The van der Waals surface area contributed by atoms with Crippen molar-refractivity contribution >= 4 is 15.9 Å². The van der Waals surface area contributed by atoms with Crippen LogP contribution in [0.5, 0.6) is 0 Å². The van der Waals surface area contributed by atoms with Crippen molar-refractivity contribution in [3.8, 4) is 0 Å². The third kappa shape index (κ3) is 3.19. The van der Waals surface area contributed by atoms with Crippen LogP contribution in [-0.2, 0) is 10.0 Å². The van der Waals surface area contributed by atoms with Gasteiger partial charge in [-0.15, -0.1) is 0 Å². The quantitative estimate of drug-likeness (QED) is 0.864. The van der Waals surface area contributed by atoms with Crippen LogP contribution >= 0.6 is 0 Å². The van der Waals surface area contributed by atoms with E-state index in [1.807, 2.05) is 6.07 Å². The standard InChI is InChI=1S/C14H21N3O2S/c1-3-10-17(4-2)11-9-15-14-12-7-5-6-8-13(12)20(18,19)16-14/h5-8H,3-4,9-11H2,1-2H3,(H,15,16). The highest BCUT2D eigenvalue weighted by molar-refractivity contribution is 7.90. The van der Waals surface area contributed by atoms with E-state index in [1.165, 1.54) is 0 Å². The molecule has 110 valence electrons. The van der Waals surface area contributed by atoms with Crippen LogP contribution < -0.4 is 4.72 Å². The number of aliphatic imine (C=N–C) groups is 1. The summed E-state index contributed by atoms with van der Waals surface area (Å²) in [7, 11) is -3.42. The van der Waals surface area contributed by atoms with Crippen molar-refractivity contribution in [3.05, 3.63) is 29.8 Å². The number of hydrogen-bond donors (Lipinski definition) is 1. The van der Waals surface area contributed by atoms with Gasteiger partial charge in [0.15, 0.2) is 0 Å². The molecule has 20 heavy (non-hydrogen) atoms. The second kappa shape index (κ2) is 6.37. The molecule has 0 spiro atoms. The van der Waals surface area contributed by atoms with E-state index in [1.54, 1.807) is 18.2 Å². The minimum absolute atomic E-state index is 0.319. The van der Waals surface area contributed by atoms with E-state index in [9.17, 15) is 8.42 Å². The van der Waals surface area contributed by atoms with Gasteiger partial charge in [0.2, 0.25) is 0 Å². The van der Waals surface area contributed by atoms with Gasteiger partial charge in [-0.3, -0.25) is 9.71 Å². The highest BCUT2D eigenvalue weighted by atomic mass is 32.2. The minimum atomic E-state index is -3.42. The van der Waals surface area contributed by atoms with Crippen LogP contribution in [-0.4, -0.2) is 45.3 Å². The highest BCUT2D eigenvalue weighted by Crippen LogP contribution is 2.21. The van der Waals surface area contributed by atoms with Crippen LogP contribution in [0.25, 0.3) is 0 Å². The van der Waals surface area contributed by atoms with Gasteiger partial charge in [-0.2, -0.15) is 0 Å². The first-order chi connectivity index (χ1) is 9.58. The zero-order valence-electron chi connectivity index (χ0n) is 12.0. The Morgan fingerprint density at radius 2 is 1.95 bits per heavy atom. The van der Waals surface area contributed by atoms with Crippen LogP contribution in [0.15, 0.2) is 34.2 Å². The molecule has 0 saturated carbocycles. The van der Waals surface area contributed by atoms with Crippen LogP contribution in [0.2, 0.25) is 0 Å². The number of amidine groups is 1. The number of sulfonamides is 1. The Bertz CT molecular complexity index is 596. The lowest BCUT2D eigenvalue weighted by Gasteiger charge is -2.17. The number of nitrogens with one attached hydrogen (secondary N) is 1. The third-order valence-corrected chi connectivity index (χ3v) is 4.73. The summed E-state index contributed by atoms with van der Waals surface area (Å²) in [5.74, 6) is 0.466. The van der Waals surface area contributed by atoms with Gasteiger partial charge in [-0.05, 0) is 31.6 Å². The molecule has 1 N–H and O–H groups in total. The predicted octanol–water partition coefficient (Wildman–Crippen LogP) is 1.46. The smallest absolute Gasteiger partial charge is 0.263 e. The van der Waals surface area contributed by atoms with Crippen molar-refractivity contribution in [2.24, 2.45) is 4.99 Å². The van der Waals surface area contributed by atoms with Gasteiger partial charge in [0.25, 0.3) is 10.0 Å². The van der Waals surface area contributed by atoms with Crippen LogP contribution in [0.4, 0.5) is 0 Å². The van der Waals surface area contributed by atoms with Gasteiger partial charge < -0.3 is 4.90 Å². The molecule has 1 aliphatic heterocycles. The van der Waals surface area contributed by atoms with Gasteiger partial charge in [-0.25, -0.2) is 8.42 Å². The van der Waals surface area contributed by atoms with E-state index in [4.69, 9.17) is 0 Å². The Morgan fingerprint density at radius 3 is 2.65 bits per heavy atom. The maximum Gasteiger partial charge on any atom is 0.263 e. The molecule has 1 aliphatic rings. The summed E-state index contributed by atoms with van der Waals surface area (Å²) >= 11 is 0. The minimum Gasteiger partial charge on any atom is -0.302 e. The fraction of sp³-hybridized carbons (Fsp3) is 0.500. The molecule has 0 aromatic heterocycles. The molecule has 1 aromatic rings.